The van der Waals surface area contributed by atoms with E-state index in [4.69, 9.17) is 14.2 Å². The molecule has 0 saturated heterocycles. The Morgan fingerprint density at radius 3 is 1.00 bits per heavy atom. The second kappa shape index (κ2) is 49.5. The van der Waals surface area contributed by atoms with Gasteiger partial charge in [0.1, 0.15) is 13.2 Å². The molecule has 6 heteroatoms. The highest BCUT2D eigenvalue weighted by molar-refractivity contribution is 5.71. The van der Waals surface area contributed by atoms with Gasteiger partial charge in [-0.3, -0.25) is 14.4 Å². The third-order valence-electron chi connectivity index (χ3n) is 11.7. The smallest absolute Gasteiger partial charge is 0.306 e. The molecule has 0 aromatic carbocycles. The molecule has 0 aliphatic rings. The maximum Gasteiger partial charge on any atom is 0.306 e. The lowest BCUT2D eigenvalue weighted by Crippen LogP contribution is -2.30. The van der Waals surface area contributed by atoms with Crippen LogP contribution < -0.4 is 0 Å². The Kier molecular flexibility index (Phi) is 47.8. The molecule has 0 spiro atoms. The zero-order valence-corrected chi connectivity index (χ0v) is 40.2. The molecule has 0 radical (unpaired) electrons. The number of ether oxygens (including phenoxy) is 3. The van der Waals surface area contributed by atoms with Crippen LogP contribution in [0.4, 0.5) is 0 Å². The number of carbonyl (C=O) groups is 3. The van der Waals surface area contributed by atoms with Crippen LogP contribution in [0.3, 0.4) is 0 Å². The van der Waals surface area contributed by atoms with Gasteiger partial charge in [0.25, 0.3) is 0 Å². The highest BCUT2D eigenvalue weighted by atomic mass is 16.6. The Bertz CT molecular complexity index is 973. The zero-order valence-electron chi connectivity index (χ0n) is 40.2. The molecule has 0 aliphatic carbocycles. The van der Waals surface area contributed by atoms with Crippen molar-refractivity contribution < 1.29 is 28.6 Å². The topological polar surface area (TPSA) is 78.9 Å². The molecule has 1 unspecified atom stereocenters. The third-order valence-corrected chi connectivity index (χ3v) is 11.7. The molecule has 0 amide bonds. The lowest BCUT2D eigenvalue weighted by Gasteiger charge is -2.18. The molecule has 0 heterocycles. The molecule has 0 bridgehead atoms. The summed E-state index contributed by atoms with van der Waals surface area (Å²) in [6.07, 6.45) is 55.9. The normalized spacial score (nSPS) is 12.1. The van der Waals surface area contributed by atoms with E-state index in [1.54, 1.807) is 0 Å². The van der Waals surface area contributed by atoms with Gasteiger partial charge in [-0.05, 0) is 44.9 Å². The number of carbonyl (C=O) groups excluding carboxylic acids is 3. The number of allylic oxidation sites excluding steroid dienone is 4. The van der Waals surface area contributed by atoms with Crippen LogP contribution >= 0.6 is 0 Å². The Morgan fingerprint density at radius 1 is 0.350 bits per heavy atom. The number of rotatable bonds is 48. The van der Waals surface area contributed by atoms with Crippen LogP contribution in [0.1, 0.15) is 284 Å². The first-order valence-corrected chi connectivity index (χ1v) is 26.3. The average molecular weight is 845 g/mol. The van der Waals surface area contributed by atoms with Crippen molar-refractivity contribution in [3.8, 4) is 0 Å². The molecular formula is C54H100O6. The summed E-state index contributed by atoms with van der Waals surface area (Å²) in [4.78, 5) is 37.9. The summed E-state index contributed by atoms with van der Waals surface area (Å²) in [5.41, 5.74) is 0. The van der Waals surface area contributed by atoms with Gasteiger partial charge in [-0.1, -0.05) is 244 Å². The van der Waals surface area contributed by atoms with Crippen molar-refractivity contribution in [2.24, 2.45) is 0 Å². The lowest BCUT2D eigenvalue weighted by molar-refractivity contribution is -0.167. The lowest BCUT2D eigenvalue weighted by atomic mass is 10.0. The highest BCUT2D eigenvalue weighted by Gasteiger charge is 2.19. The van der Waals surface area contributed by atoms with Gasteiger partial charge < -0.3 is 14.2 Å². The van der Waals surface area contributed by atoms with E-state index in [0.29, 0.717) is 19.3 Å². The fourth-order valence-electron chi connectivity index (χ4n) is 7.78. The van der Waals surface area contributed by atoms with Crippen molar-refractivity contribution in [3.05, 3.63) is 24.3 Å². The summed E-state index contributed by atoms with van der Waals surface area (Å²) in [5, 5.41) is 0. The van der Waals surface area contributed by atoms with Gasteiger partial charge in [0.15, 0.2) is 6.10 Å². The monoisotopic (exact) mass is 845 g/mol. The Balaban J connectivity index is 4.28. The summed E-state index contributed by atoms with van der Waals surface area (Å²) in [5.74, 6) is -0.872. The quantitative estimate of drug-likeness (QED) is 0.0263. The van der Waals surface area contributed by atoms with Crippen LogP contribution in [0, 0.1) is 0 Å². The van der Waals surface area contributed by atoms with Crippen LogP contribution in [-0.4, -0.2) is 37.2 Å². The SMILES string of the molecule is CC/C=C\C/C=C\CCCCCCCC(=O)OC(COC(=O)CCCCCCCCCCCCCC)COC(=O)CCCCCCCCCCCCCCCCCCCC. The molecule has 0 aliphatic heterocycles. The van der Waals surface area contributed by atoms with Crippen LogP contribution in [0.25, 0.3) is 0 Å². The van der Waals surface area contributed by atoms with Gasteiger partial charge >= 0.3 is 17.9 Å². The minimum Gasteiger partial charge on any atom is -0.462 e. The minimum absolute atomic E-state index is 0.0722. The van der Waals surface area contributed by atoms with E-state index in [0.717, 1.165) is 89.9 Å². The second-order valence-electron chi connectivity index (χ2n) is 17.8. The molecule has 0 N–H and O–H groups in total. The van der Waals surface area contributed by atoms with E-state index in [-0.39, 0.29) is 31.1 Å². The van der Waals surface area contributed by atoms with Crippen LogP contribution in [0.2, 0.25) is 0 Å². The van der Waals surface area contributed by atoms with Crippen molar-refractivity contribution in [1.29, 1.82) is 0 Å². The minimum atomic E-state index is -0.772. The molecule has 6 nitrogen and oxygen atoms in total. The van der Waals surface area contributed by atoms with E-state index in [9.17, 15) is 14.4 Å². The predicted molar refractivity (Wildman–Crippen MR) is 256 cm³/mol. The Hall–Kier alpha value is -2.11. The van der Waals surface area contributed by atoms with E-state index in [1.807, 2.05) is 0 Å². The Labute approximate surface area is 373 Å². The molecule has 0 fully saturated rings. The van der Waals surface area contributed by atoms with Crippen LogP contribution in [0.5, 0.6) is 0 Å². The fourth-order valence-corrected chi connectivity index (χ4v) is 7.78. The largest absolute Gasteiger partial charge is 0.462 e. The molecule has 60 heavy (non-hydrogen) atoms. The Morgan fingerprint density at radius 2 is 0.650 bits per heavy atom. The number of hydrogen-bond acceptors (Lipinski definition) is 6. The van der Waals surface area contributed by atoms with Gasteiger partial charge in [-0.2, -0.15) is 0 Å². The van der Waals surface area contributed by atoms with Gasteiger partial charge in [0.05, 0.1) is 0 Å². The van der Waals surface area contributed by atoms with E-state index >= 15 is 0 Å². The summed E-state index contributed by atoms with van der Waals surface area (Å²) in [6, 6.07) is 0. The van der Waals surface area contributed by atoms with Gasteiger partial charge in [-0.25, -0.2) is 0 Å². The first kappa shape index (κ1) is 57.9. The summed E-state index contributed by atoms with van der Waals surface area (Å²) < 4.78 is 16.8. The first-order valence-electron chi connectivity index (χ1n) is 26.3. The maximum absolute atomic E-state index is 12.8. The van der Waals surface area contributed by atoms with Crippen molar-refractivity contribution in [3.63, 3.8) is 0 Å². The van der Waals surface area contributed by atoms with Crippen molar-refractivity contribution in [1.82, 2.24) is 0 Å². The van der Waals surface area contributed by atoms with Crippen LogP contribution in [-0.2, 0) is 28.6 Å². The predicted octanol–water partition coefficient (Wildman–Crippen LogP) is 17.2. The highest BCUT2D eigenvalue weighted by Crippen LogP contribution is 2.16. The first-order chi connectivity index (χ1) is 29.5. The third kappa shape index (κ3) is 46.9. The molecular weight excluding hydrogens is 745 g/mol. The molecule has 0 saturated carbocycles. The zero-order chi connectivity index (χ0) is 43.7. The summed E-state index contributed by atoms with van der Waals surface area (Å²) in [6.45, 7) is 6.55. The number of esters is 3. The van der Waals surface area contributed by atoms with E-state index in [1.165, 1.54) is 154 Å². The van der Waals surface area contributed by atoms with Crippen molar-refractivity contribution in [2.45, 2.75) is 290 Å². The summed E-state index contributed by atoms with van der Waals surface area (Å²) >= 11 is 0. The molecule has 0 rings (SSSR count). The maximum atomic E-state index is 12.8. The van der Waals surface area contributed by atoms with E-state index < -0.39 is 6.10 Å². The number of hydrogen-bond donors (Lipinski definition) is 0. The second-order valence-corrected chi connectivity index (χ2v) is 17.8. The molecule has 0 aromatic rings. The van der Waals surface area contributed by atoms with Crippen LogP contribution in [0.15, 0.2) is 24.3 Å². The van der Waals surface area contributed by atoms with Gasteiger partial charge in [-0.15, -0.1) is 0 Å². The molecule has 352 valence electrons. The summed E-state index contributed by atoms with van der Waals surface area (Å²) in [7, 11) is 0. The van der Waals surface area contributed by atoms with Crippen molar-refractivity contribution in [2.75, 3.05) is 13.2 Å². The van der Waals surface area contributed by atoms with Crippen molar-refractivity contribution >= 4 is 17.9 Å². The average Bonchev–Trinajstić information content (AvgIpc) is 3.24. The van der Waals surface area contributed by atoms with Gasteiger partial charge in [0.2, 0.25) is 0 Å². The fraction of sp³-hybridized carbons (Fsp3) is 0.870. The van der Waals surface area contributed by atoms with E-state index in [2.05, 4.69) is 45.1 Å². The molecule has 1 atom stereocenters. The van der Waals surface area contributed by atoms with Gasteiger partial charge in [0, 0.05) is 19.3 Å². The number of unbranched alkanes of at least 4 members (excludes halogenated alkanes) is 33. The molecule has 0 aromatic heterocycles. The standard InChI is InChI=1S/C54H100O6/c1-4-7-10-13-16-19-22-25-26-27-28-29-30-33-35-38-41-44-47-53(56)59-50-51(60-54(57)48-45-42-39-36-32-24-21-18-15-12-9-6-3)49-58-52(55)46-43-40-37-34-31-23-20-17-14-11-8-5-2/h9,12,18,21,51H,4-8,10-11,13-17,19-20,22-50H2,1-3H3/b12-9-,21-18-.